The third-order valence-electron chi connectivity index (χ3n) is 9.62. The third kappa shape index (κ3) is 20.2. The van der Waals surface area contributed by atoms with E-state index in [1.54, 1.807) is 67.5 Å². The summed E-state index contributed by atoms with van der Waals surface area (Å²) >= 11 is 0. The zero-order valence-corrected chi connectivity index (χ0v) is 43.7. The molecule has 2 amide bonds. The molecule has 0 atom stereocenters. The number of aromatic nitrogens is 10. The molecule has 79 heavy (non-hydrogen) atoms. The number of carbonyl (C=O) groups is 3. The summed E-state index contributed by atoms with van der Waals surface area (Å²) in [4.78, 5) is 56.0. The van der Waals surface area contributed by atoms with E-state index in [-0.39, 0.29) is 18.8 Å². The molecule has 0 saturated heterocycles. The Morgan fingerprint density at radius 1 is 0.519 bits per heavy atom. The fourth-order valence-corrected chi connectivity index (χ4v) is 6.40. The van der Waals surface area contributed by atoms with Gasteiger partial charge in [-0.15, -0.1) is 0 Å². The summed E-state index contributed by atoms with van der Waals surface area (Å²) in [5.74, 6) is 0.248. The molecule has 0 bridgehead atoms. The number of benzene rings is 5. The van der Waals surface area contributed by atoms with Gasteiger partial charge in [0.25, 0.3) is 5.91 Å². The van der Waals surface area contributed by atoms with Gasteiger partial charge in [0, 0.05) is 33.3 Å². The fourth-order valence-electron chi connectivity index (χ4n) is 6.40. The number of azide groups is 1. The molecule has 10 aromatic rings. The number of ether oxygens (including phenoxy) is 1. The van der Waals surface area contributed by atoms with Crippen molar-refractivity contribution in [3.05, 3.63) is 236 Å². The predicted octanol–water partition coefficient (Wildman–Crippen LogP) is 11.4. The number of nitrogens with zero attached hydrogens (tertiary/aromatic N) is 13. The lowest BCUT2D eigenvalue weighted by Crippen LogP contribution is -2.27. The molecule has 0 aliphatic heterocycles. The topological polar surface area (TPSA) is 303 Å². The lowest BCUT2D eigenvalue weighted by Gasteiger charge is -2.19. The summed E-state index contributed by atoms with van der Waals surface area (Å²) in [6, 6.07) is 47.8. The SMILES string of the molecule is C.CC(C)(C)O.CC(C)(C)OC(=O)Nc1cncn1-c1ccccc1.Nc1cncn1-c1ccccc1.Nc1cncn1-c1ccccc1.O=C(O)c1cncn1-c1ccccc1.[N-]=[N+]=NC(=O)c1cncn1-c1ccccc1. The van der Waals surface area contributed by atoms with Crippen LogP contribution >= 0.6 is 0 Å². The van der Waals surface area contributed by atoms with Gasteiger partial charge >= 0.3 is 12.1 Å². The van der Waals surface area contributed by atoms with Crippen molar-refractivity contribution in [1.29, 1.82) is 0 Å². The zero-order chi connectivity index (χ0) is 56.5. The first-order chi connectivity index (χ1) is 37.3. The number of nitrogens with one attached hydrogen (secondary N) is 1. The van der Waals surface area contributed by atoms with Gasteiger partial charge in [-0.05, 0) is 113 Å². The van der Waals surface area contributed by atoms with E-state index in [4.69, 9.17) is 31.9 Å². The number of nitrogens with two attached hydrogens (primary N) is 2. The number of aliphatic hydroxyl groups is 1. The maximum absolute atomic E-state index is 11.7. The second-order valence-corrected chi connectivity index (χ2v) is 18.1. The number of nitrogen functional groups attached to an aromatic ring is 2. The molecule has 0 unspecified atom stereocenters. The Kier molecular flexibility index (Phi) is 23.2. The molecule has 5 aromatic heterocycles. The number of anilines is 3. The Labute approximate surface area is 457 Å². The molecular formula is C57H64N16O6. The molecule has 0 spiro atoms. The van der Waals surface area contributed by atoms with E-state index >= 15 is 0 Å². The number of carboxylic acids is 1. The maximum atomic E-state index is 11.7. The summed E-state index contributed by atoms with van der Waals surface area (Å²) in [6.07, 6.45) is 15.1. The number of aromatic carboxylic acids is 1. The van der Waals surface area contributed by atoms with Gasteiger partial charge in [0.05, 0.1) is 49.2 Å². The van der Waals surface area contributed by atoms with Gasteiger partial charge in [0.2, 0.25) is 0 Å². The molecule has 0 aliphatic rings. The van der Waals surface area contributed by atoms with Gasteiger partial charge in [-0.2, -0.15) is 0 Å². The van der Waals surface area contributed by atoms with Crippen LogP contribution in [0, 0.1) is 0 Å². The fraction of sp³-hybridized carbons (Fsp3) is 0.158. The van der Waals surface area contributed by atoms with Crippen LogP contribution in [-0.4, -0.2) is 87.1 Å². The minimum Gasteiger partial charge on any atom is -0.477 e. The highest BCUT2D eigenvalue weighted by atomic mass is 16.6. The number of imidazole rings is 5. The molecule has 5 aromatic carbocycles. The van der Waals surface area contributed by atoms with E-state index in [9.17, 15) is 14.4 Å². The Hall–Kier alpha value is -10.6. The van der Waals surface area contributed by atoms with Crippen molar-refractivity contribution in [3.8, 4) is 28.4 Å². The number of amides is 2. The average Bonchev–Trinajstić information content (AvgIpc) is 4.32. The van der Waals surface area contributed by atoms with Gasteiger partial charge in [0.1, 0.15) is 47.7 Å². The first-order valence-corrected chi connectivity index (χ1v) is 23.8. The number of hydrogen-bond donors (Lipinski definition) is 5. The van der Waals surface area contributed by atoms with Crippen molar-refractivity contribution in [2.75, 3.05) is 16.8 Å². The lowest BCUT2D eigenvalue weighted by atomic mass is 10.2. The lowest BCUT2D eigenvalue weighted by molar-refractivity contribution is 0.0632. The maximum Gasteiger partial charge on any atom is 0.413 e. The number of rotatable bonds is 8. The van der Waals surface area contributed by atoms with Gasteiger partial charge < -0.3 is 26.4 Å². The van der Waals surface area contributed by atoms with Crippen molar-refractivity contribution in [2.45, 2.75) is 60.2 Å². The standard InChI is InChI=1S/C14H17N3O2.C10H7N5O.C10H8N2O2.2C9H9N3.C4H10O.CH4/c1-14(2,3)19-13(18)16-12-9-15-10-17(12)11-7-5-4-6-8-11;11-14-13-10(16)9-6-12-7-15(9)8-4-2-1-3-5-8;13-10(14)9-6-11-7-12(9)8-4-2-1-3-5-8;2*10-9-6-11-7-12(9)8-4-2-1-3-5-8;1-4(2,3)5;/h4-10H,1-3H3,(H,16,18);1-7H;1-7H,(H,13,14);2*1-7H,10H2;5H,1-3H3;1H4. The number of carbonyl (C=O) groups excluding carboxylic acids is 2. The molecule has 0 fully saturated rings. The van der Waals surface area contributed by atoms with Gasteiger partial charge in [0.15, 0.2) is 5.69 Å². The quantitative estimate of drug-likeness (QED) is 0.0538. The van der Waals surface area contributed by atoms with E-state index in [0.29, 0.717) is 17.5 Å². The van der Waals surface area contributed by atoms with Crippen molar-refractivity contribution in [1.82, 2.24) is 47.8 Å². The summed E-state index contributed by atoms with van der Waals surface area (Å²) in [5.41, 5.74) is 23.5. The zero-order valence-electron chi connectivity index (χ0n) is 43.7. The number of carboxylic acid groups (broad SMARTS) is 1. The van der Waals surface area contributed by atoms with Gasteiger partial charge in [-0.25, -0.2) is 34.5 Å². The molecule has 0 radical (unpaired) electrons. The Balaban J connectivity index is 0.000000209. The monoisotopic (exact) mass is 1070 g/mol. The summed E-state index contributed by atoms with van der Waals surface area (Å²) in [7, 11) is 0. The summed E-state index contributed by atoms with van der Waals surface area (Å²) in [5, 5.41) is 23.1. The van der Waals surface area contributed by atoms with E-state index in [1.165, 1.54) is 29.6 Å². The molecular weight excluding hydrogens is 1000 g/mol. The van der Waals surface area contributed by atoms with Crippen LogP contribution in [0.25, 0.3) is 38.9 Å². The van der Waals surface area contributed by atoms with Crippen LogP contribution in [0.5, 0.6) is 0 Å². The highest BCUT2D eigenvalue weighted by Gasteiger charge is 2.18. The van der Waals surface area contributed by atoms with Gasteiger partial charge in [-0.1, -0.05) is 98.4 Å². The van der Waals surface area contributed by atoms with Crippen LogP contribution in [0.2, 0.25) is 0 Å². The largest absolute Gasteiger partial charge is 0.477 e. The summed E-state index contributed by atoms with van der Waals surface area (Å²) in [6.45, 7) is 10.7. The van der Waals surface area contributed by atoms with Crippen LogP contribution in [0.3, 0.4) is 0 Å². The minimum absolute atomic E-state index is 0. The van der Waals surface area contributed by atoms with Crippen molar-refractivity contribution >= 4 is 35.4 Å². The predicted molar refractivity (Wildman–Crippen MR) is 306 cm³/mol. The van der Waals surface area contributed by atoms with Crippen LogP contribution < -0.4 is 16.8 Å². The molecule has 408 valence electrons. The van der Waals surface area contributed by atoms with Crippen molar-refractivity contribution in [3.63, 3.8) is 0 Å². The summed E-state index contributed by atoms with van der Waals surface area (Å²) < 4.78 is 13.8. The van der Waals surface area contributed by atoms with Gasteiger partial charge in [-0.3, -0.25) is 32.9 Å². The van der Waals surface area contributed by atoms with E-state index < -0.39 is 29.2 Å². The van der Waals surface area contributed by atoms with E-state index in [0.717, 1.165) is 28.4 Å². The Bertz CT molecular complexity index is 3350. The molecule has 5 heterocycles. The second kappa shape index (κ2) is 30.1. The molecule has 10 rings (SSSR count). The molecule has 22 nitrogen and oxygen atoms in total. The van der Waals surface area contributed by atoms with Crippen LogP contribution in [0.1, 0.15) is 69.9 Å². The van der Waals surface area contributed by atoms with Crippen molar-refractivity contribution in [2.24, 2.45) is 5.11 Å². The Morgan fingerprint density at radius 2 is 0.823 bits per heavy atom. The van der Waals surface area contributed by atoms with Crippen molar-refractivity contribution < 1.29 is 29.3 Å². The van der Waals surface area contributed by atoms with Crippen LogP contribution in [0.15, 0.2) is 219 Å². The molecule has 7 N–H and O–H groups in total. The highest BCUT2D eigenvalue weighted by Crippen LogP contribution is 2.18. The molecule has 22 heteroatoms. The smallest absolute Gasteiger partial charge is 0.413 e. The highest BCUT2D eigenvalue weighted by molar-refractivity contribution is 5.93. The average molecular weight is 1070 g/mol. The Morgan fingerprint density at radius 3 is 1.16 bits per heavy atom. The molecule has 0 aliphatic carbocycles. The van der Waals surface area contributed by atoms with Crippen LogP contribution in [0.4, 0.5) is 22.2 Å². The minimum atomic E-state index is -0.980. The number of para-hydroxylation sites is 5. The second-order valence-electron chi connectivity index (χ2n) is 18.1. The first-order valence-electron chi connectivity index (χ1n) is 23.8. The van der Waals surface area contributed by atoms with E-state index in [1.807, 2.05) is 182 Å². The molecule has 0 saturated carbocycles. The number of hydrogen-bond acceptors (Lipinski definition) is 12. The van der Waals surface area contributed by atoms with E-state index in [2.05, 4.69) is 40.3 Å². The van der Waals surface area contributed by atoms with Crippen LogP contribution in [-0.2, 0) is 4.74 Å². The third-order valence-corrected chi connectivity index (χ3v) is 9.62. The normalized spacial score (nSPS) is 10.2. The first kappa shape index (κ1) is 61.0.